The van der Waals surface area contributed by atoms with E-state index in [2.05, 4.69) is 10.6 Å². The molecule has 0 saturated carbocycles. The molecule has 0 radical (unpaired) electrons. The normalized spacial score (nSPS) is 22.4. The molecular weight excluding hydrogens is 365 g/mol. The summed E-state index contributed by atoms with van der Waals surface area (Å²) in [6.45, 7) is 1.99. The van der Waals surface area contributed by atoms with Crippen molar-refractivity contribution in [3.63, 3.8) is 0 Å². The van der Waals surface area contributed by atoms with Gasteiger partial charge in [0.05, 0.1) is 10.7 Å². The molecule has 25 heavy (non-hydrogen) atoms. The topological polar surface area (TPSA) is 70.7 Å². The summed E-state index contributed by atoms with van der Waals surface area (Å²) in [6.07, 6.45) is 1.77. The van der Waals surface area contributed by atoms with Gasteiger partial charge in [0.15, 0.2) is 0 Å². The van der Waals surface area contributed by atoms with Gasteiger partial charge in [-0.05, 0) is 44.5 Å². The third-order valence-electron chi connectivity index (χ3n) is 4.87. The van der Waals surface area contributed by atoms with Gasteiger partial charge in [-0.1, -0.05) is 23.7 Å². The first kappa shape index (κ1) is 20.0. The number of carbonyl (C=O) groups excluding carboxylic acids is 2. The van der Waals surface area contributed by atoms with Crippen LogP contribution in [-0.2, 0) is 14.3 Å². The molecule has 1 unspecified atom stereocenters. The molecule has 2 heterocycles. The lowest BCUT2D eigenvalue weighted by atomic mass is 9.90. The Morgan fingerprint density at radius 1 is 1.36 bits per heavy atom. The molecule has 2 saturated heterocycles. The van der Waals surface area contributed by atoms with Crippen molar-refractivity contribution in [1.82, 2.24) is 10.6 Å². The maximum Gasteiger partial charge on any atom is 0.252 e. The molecule has 2 aliphatic rings. The molecular formula is C17H23Cl2N3O3. The number of methoxy groups -OCH3 is 1. The Hall–Kier alpha value is -1.34. The average molecular weight is 388 g/mol. The number of anilines is 1. The van der Waals surface area contributed by atoms with Crippen LogP contribution in [0.5, 0.6) is 0 Å². The first-order chi connectivity index (χ1) is 11.6. The van der Waals surface area contributed by atoms with Crippen LogP contribution in [0.1, 0.15) is 19.3 Å². The number of benzene rings is 1. The second-order valence-corrected chi connectivity index (χ2v) is 6.61. The van der Waals surface area contributed by atoms with Crippen LogP contribution >= 0.6 is 24.0 Å². The first-order valence-electron chi connectivity index (χ1n) is 8.20. The molecule has 1 aromatic rings. The molecule has 138 valence electrons. The van der Waals surface area contributed by atoms with E-state index >= 15 is 0 Å². The van der Waals surface area contributed by atoms with E-state index in [0.717, 1.165) is 13.1 Å². The van der Waals surface area contributed by atoms with E-state index in [4.69, 9.17) is 16.3 Å². The van der Waals surface area contributed by atoms with E-state index in [1.165, 1.54) is 0 Å². The number of hydrogen-bond donors (Lipinski definition) is 2. The standard InChI is InChI=1S/C17H22ClN3O3.ClH/c1-24-17(7-9-19-10-8-17)16(23)20-13-6-11-21(15(13)22)14-5-3-2-4-12(14)18;/h2-5,13,19H,6-11H2,1H3,(H,20,23);1H. The maximum absolute atomic E-state index is 12.7. The molecule has 3 rings (SSSR count). The number of halogens is 2. The van der Waals surface area contributed by atoms with E-state index in [0.29, 0.717) is 36.5 Å². The van der Waals surface area contributed by atoms with Gasteiger partial charge in [0.25, 0.3) is 5.91 Å². The highest BCUT2D eigenvalue weighted by Gasteiger charge is 2.43. The first-order valence-corrected chi connectivity index (χ1v) is 8.58. The van der Waals surface area contributed by atoms with Crippen molar-refractivity contribution in [2.75, 3.05) is 31.6 Å². The van der Waals surface area contributed by atoms with Crippen LogP contribution in [0, 0.1) is 0 Å². The Bertz CT molecular complexity index is 635. The quantitative estimate of drug-likeness (QED) is 0.825. The maximum atomic E-state index is 12.7. The fourth-order valence-electron chi connectivity index (χ4n) is 3.37. The number of hydrogen-bond acceptors (Lipinski definition) is 4. The SMILES string of the molecule is COC1(C(=O)NC2CCN(c3ccccc3Cl)C2=O)CCNCC1.Cl. The van der Waals surface area contributed by atoms with Crippen molar-refractivity contribution >= 4 is 41.5 Å². The number of rotatable bonds is 4. The Morgan fingerprint density at radius 2 is 2.04 bits per heavy atom. The van der Waals surface area contributed by atoms with Crippen molar-refractivity contribution < 1.29 is 14.3 Å². The minimum atomic E-state index is -0.844. The fourth-order valence-corrected chi connectivity index (χ4v) is 3.61. The van der Waals surface area contributed by atoms with Crippen LogP contribution in [0.4, 0.5) is 5.69 Å². The molecule has 1 atom stereocenters. The zero-order valence-corrected chi connectivity index (χ0v) is 15.7. The van der Waals surface area contributed by atoms with Crippen LogP contribution < -0.4 is 15.5 Å². The van der Waals surface area contributed by atoms with Crippen LogP contribution in [0.25, 0.3) is 0 Å². The van der Waals surface area contributed by atoms with Crippen molar-refractivity contribution in [2.45, 2.75) is 30.9 Å². The predicted molar refractivity (Wildman–Crippen MR) is 99.4 cm³/mol. The highest BCUT2D eigenvalue weighted by molar-refractivity contribution is 6.34. The largest absolute Gasteiger partial charge is 0.368 e. The van der Waals surface area contributed by atoms with Gasteiger partial charge in [-0.2, -0.15) is 0 Å². The second-order valence-electron chi connectivity index (χ2n) is 6.20. The van der Waals surface area contributed by atoms with E-state index < -0.39 is 11.6 Å². The highest BCUT2D eigenvalue weighted by atomic mass is 35.5. The minimum absolute atomic E-state index is 0. The molecule has 0 spiro atoms. The van der Waals surface area contributed by atoms with Gasteiger partial charge in [0, 0.05) is 13.7 Å². The zero-order valence-electron chi connectivity index (χ0n) is 14.1. The van der Waals surface area contributed by atoms with Crippen molar-refractivity contribution in [3.05, 3.63) is 29.3 Å². The van der Waals surface area contributed by atoms with Crippen LogP contribution in [0.2, 0.25) is 5.02 Å². The van der Waals surface area contributed by atoms with Gasteiger partial charge in [-0.25, -0.2) is 0 Å². The smallest absolute Gasteiger partial charge is 0.252 e. The van der Waals surface area contributed by atoms with Gasteiger partial charge in [0.1, 0.15) is 11.6 Å². The monoisotopic (exact) mass is 387 g/mol. The third-order valence-corrected chi connectivity index (χ3v) is 5.19. The van der Waals surface area contributed by atoms with Crippen molar-refractivity contribution in [1.29, 1.82) is 0 Å². The van der Waals surface area contributed by atoms with Gasteiger partial charge in [-0.3, -0.25) is 9.59 Å². The van der Waals surface area contributed by atoms with E-state index in [-0.39, 0.29) is 24.2 Å². The van der Waals surface area contributed by atoms with Gasteiger partial charge < -0.3 is 20.3 Å². The molecule has 2 N–H and O–H groups in total. The Morgan fingerprint density at radius 3 is 2.68 bits per heavy atom. The summed E-state index contributed by atoms with van der Waals surface area (Å²) >= 11 is 6.18. The zero-order chi connectivity index (χ0) is 17.2. The number of piperidine rings is 1. The number of para-hydroxylation sites is 1. The second kappa shape index (κ2) is 8.36. The Kier molecular flexibility index (Phi) is 6.68. The number of amides is 2. The number of ether oxygens (including phenoxy) is 1. The van der Waals surface area contributed by atoms with E-state index in [1.807, 2.05) is 18.2 Å². The fraction of sp³-hybridized carbons (Fsp3) is 0.529. The van der Waals surface area contributed by atoms with Crippen molar-refractivity contribution in [3.8, 4) is 0 Å². The highest BCUT2D eigenvalue weighted by Crippen LogP contribution is 2.29. The summed E-state index contributed by atoms with van der Waals surface area (Å²) in [7, 11) is 1.55. The number of carbonyl (C=O) groups is 2. The summed E-state index contributed by atoms with van der Waals surface area (Å²) in [6, 6.07) is 6.70. The molecule has 2 fully saturated rings. The lowest BCUT2D eigenvalue weighted by Crippen LogP contribution is -2.57. The summed E-state index contributed by atoms with van der Waals surface area (Å²) in [5.41, 5.74) is -0.159. The van der Waals surface area contributed by atoms with E-state index in [1.54, 1.807) is 18.1 Å². The molecule has 2 amide bonds. The van der Waals surface area contributed by atoms with Crippen LogP contribution in [0.3, 0.4) is 0 Å². The summed E-state index contributed by atoms with van der Waals surface area (Å²) in [4.78, 5) is 27.0. The minimum Gasteiger partial charge on any atom is -0.368 e. The summed E-state index contributed by atoms with van der Waals surface area (Å²) in [5, 5.41) is 6.63. The van der Waals surface area contributed by atoms with Crippen LogP contribution in [-0.4, -0.2) is 50.2 Å². The van der Waals surface area contributed by atoms with Crippen LogP contribution in [0.15, 0.2) is 24.3 Å². The predicted octanol–water partition coefficient (Wildman–Crippen LogP) is 1.75. The number of nitrogens with zero attached hydrogens (tertiary/aromatic N) is 1. The Labute approximate surface area is 158 Å². The van der Waals surface area contributed by atoms with Crippen molar-refractivity contribution in [2.24, 2.45) is 0 Å². The lowest BCUT2D eigenvalue weighted by Gasteiger charge is -2.35. The van der Waals surface area contributed by atoms with E-state index in [9.17, 15) is 9.59 Å². The molecule has 0 bridgehead atoms. The Balaban J connectivity index is 0.00000225. The molecule has 0 aliphatic carbocycles. The lowest BCUT2D eigenvalue weighted by molar-refractivity contribution is -0.148. The van der Waals surface area contributed by atoms with Gasteiger partial charge >= 0.3 is 0 Å². The summed E-state index contributed by atoms with van der Waals surface area (Å²) < 4.78 is 5.52. The number of nitrogens with one attached hydrogen (secondary N) is 2. The summed E-state index contributed by atoms with van der Waals surface area (Å²) in [5.74, 6) is -0.331. The van der Waals surface area contributed by atoms with Gasteiger partial charge in [-0.15, -0.1) is 12.4 Å². The molecule has 0 aromatic heterocycles. The molecule has 8 heteroatoms. The third kappa shape index (κ3) is 3.92. The van der Waals surface area contributed by atoms with Gasteiger partial charge in [0.2, 0.25) is 5.91 Å². The average Bonchev–Trinajstić information content (AvgIpc) is 2.96. The molecule has 1 aromatic carbocycles. The molecule has 2 aliphatic heterocycles. The molecule has 6 nitrogen and oxygen atoms in total.